The van der Waals surface area contributed by atoms with Gasteiger partial charge in [0.1, 0.15) is 5.82 Å². The van der Waals surface area contributed by atoms with E-state index in [0.717, 1.165) is 12.3 Å². The van der Waals surface area contributed by atoms with Gasteiger partial charge < -0.3 is 16.3 Å². The molecule has 1 unspecified atom stereocenters. The summed E-state index contributed by atoms with van der Waals surface area (Å²) in [6.07, 6.45) is 3.81. The Morgan fingerprint density at radius 1 is 1.58 bits per heavy atom. The van der Waals surface area contributed by atoms with Gasteiger partial charge in [-0.2, -0.15) is 0 Å². The maximum atomic E-state index is 13.8. The largest absolute Gasteiger partial charge is 0.409 e. The lowest BCUT2D eigenvalue weighted by Crippen LogP contribution is -2.26. The van der Waals surface area contributed by atoms with E-state index >= 15 is 0 Å². The fraction of sp³-hybridized carbons (Fsp3) is 0.500. The Labute approximate surface area is 112 Å². The summed E-state index contributed by atoms with van der Waals surface area (Å²) in [4.78, 5) is 0. The minimum atomic E-state index is -0.338. The third-order valence-corrected chi connectivity index (χ3v) is 3.48. The molecule has 1 aromatic carbocycles. The molecule has 19 heavy (non-hydrogen) atoms. The first kappa shape index (κ1) is 13.8. The van der Waals surface area contributed by atoms with E-state index in [1.807, 2.05) is 0 Å². The zero-order valence-electron chi connectivity index (χ0n) is 11.1. The van der Waals surface area contributed by atoms with Crippen molar-refractivity contribution in [2.75, 3.05) is 0 Å². The second kappa shape index (κ2) is 6.02. The molecule has 1 atom stereocenters. The predicted molar refractivity (Wildman–Crippen MR) is 72.6 cm³/mol. The number of benzene rings is 1. The lowest BCUT2D eigenvalue weighted by Gasteiger charge is -2.14. The molecule has 0 heterocycles. The van der Waals surface area contributed by atoms with E-state index in [9.17, 15) is 4.39 Å². The van der Waals surface area contributed by atoms with Gasteiger partial charge in [0.05, 0.1) is 0 Å². The van der Waals surface area contributed by atoms with E-state index in [4.69, 9.17) is 10.9 Å². The summed E-state index contributed by atoms with van der Waals surface area (Å²) in [5.41, 5.74) is 6.39. The molecule has 2 rings (SSSR count). The maximum absolute atomic E-state index is 13.8. The van der Waals surface area contributed by atoms with Gasteiger partial charge in [-0.15, -0.1) is 0 Å². The van der Waals surface area contributed by atoms with Crippen LogP contribution in [0.5, 0.6) is 0 Å². The topological polar surface area (TPSA) is 70.6 Å². The minimum absolute atomic E-state index is 0.0829. The van der Waals surface area contributed by atoms with Crippen LogP contribution in [0.1, 0.15) is 37.3 Å². The molecule has 0 aromatic heterocycles. The Morgan fingerprint density at radius 2 is 2.32 bits per heavy atom. The van der Waals surface area contributed by atoms with E-state index in [1.165, 1.54) is 18.9 Å². The van der Waals surface area contributed by atoms with Crippen molar-refractivity contribution in [2.24, 2.45) is 16.8 Å². The van der Waals surface area contributed by atoms with Crippen LogP contribution in [0.3, 0.4) is 0 Å². The first-order chi connectivity index (χ1) is 9.10. The molecule has 1 aliphatic rings. The van der Waals surface area contributed by atoms with Gasteiger partial charge in [-0.3, -0.25) is 0 Å². The van der Waals surface area contributed by atoms with Crippen molar-refractivity contribution in [1.29, 1.82) is 0 Å². The average molecular weight is 265 g/mol. The van der Waals surface area contributed by atoms with Crippen LogP contribution in [0.2, 0.25) is 0 Å². The number of nitrogens with zero attached hydrogens (tertiary/aromatic N) is 1. The Hall–Kier alpha value is -1.62. The van der Waals surface area contributed by atoms with Gasteiger partial charge in [-0.1, -0.05) is 30.1 Å². The van der Waals surface area contributed by atoms with Gasteiger partial charge in [-0.05, 0) is 25.3 Å². The Kier molecular flexibility index (Phi) is 4.37. The van der Waals surface area contributed by atoms with Crippen LogP contribution < -0.4 is 11.1 Å². The third-order valence-electron chi connectivity index (χ3n) is 3.48. The van der Waals surface area contributed by atoms with E-state index in [-0.39, 0.29) is 11.7 Å². The summed E-state index contributed by atoms with van der Waals surface area (Å²) in [6.45, 7) is 2.62. The number of oxime groups is 1. The van der Waals surface area contributed by atoms with Gasteiger partial charge >= 0.3 is 0 Å². The molecular formula is C14H20FN3O. The average Bonchev–Trinajstić information content (AvgIpc) is 3.20. The van der Waals surface area contributed by atoms with Gasteiger partial charge in [0.2, 0.25) is 0 Å². The zero-order chi connectivity index (χ0) is 13.8. The highest BCUT2D eigenvalue weighted by Gasteiger charge is 2.23. The van der Waals surface area contributed by atoms with Crippen LogP contribution in [0, 0.1) is 11.7 Å². The fourth-order valence-corrected chi connectivity index (χ4v) is 2.13. The molecule has 0 spiro atoms. The van der Waals surface area contributed by atoms with Crippen molar-refractivity contribution in [3.8, 4) is 0 Å². The molecule has 5 heteroatoms. The quantitative estimate of drug-likeness (QED) is 0.319. The zero-order valence-corrected chi connectivity index (χ0v) is 11.1. The number of hydrogen-bond acceptors (Lipinski definition) is 3. The van der Waals surface area contributed by atoms with Crippen molar-refractivity contribution in [2.45, 2.75) is 38.8 Å². The molecule has 1 aliphatic carbocycles. The molecule has 0 saturated heterocycles. The minimum Gasteiger partial charge on any atom is -0.409 e. The second-order valence-corrected chi connectivity index (χ2v) is 5.25. The van der Waals surface area contributed by atoms with Crippen molar-refractivity contribution in [3.05, 3.63) is 35.1 Å². The molecule has 1 fully saturated rings. The number of nitrogens with one attached hydrogen (secondary N) is 1. The van der Waals surface area contributed by atoms with Crippen LogP contribution in [-0.4, -0.2) is 17.1 Å². The Morgan fingerprint density at radius 3 is 2.89 bits per heavy atom. The molecule has 4 N–H and O–H groups in total. The van der Waals surface area contributed by atoms with Crippen LogP contribution in [-0.2, 0) is 6.54 Å². The molecule has 1 aromatic rings. The van der Waals surface area contributed by atoms with E-state index < -0.39 is 0 Å². The van der Waals surface area contributed by atoms with Gasteiger partial charge in [0.25, 0.3) is 0 Å². The SMILES string of the molecule is CC(CC1CC1)NCc1ccc(C(N)=NO)cc1F. The molecule has 0 radical (unpaired) electrons. The van der Waals surface area contributed by atoms with Crippen LogP contribution >= 0.6 is 0 Å². The summed E-state index contributed by atoms with van der Waals surface area (Å²) in [5.74, 6) is 0.436. The first-order valence-corrected chi connectivity index (χ1v) is 6.60. The number of halogens is 1. The van der Waals surface area contributed by atoms with Crippen molar-refractivity contribution >= 4 is 5.84 Å². The predicted octanol–water partition coefficient (Wildman–Crippen LogP) is 2.20. The van der Waals surface area contributed by atoms with Crippen LogP contribution in [0.25, 0.3) is 0 Å². The maximum Gasteiger partial charge on any atom is 0.170 e. The van der Waals surface area contributed by atoms with Gasteiger partial charge in [0, 0.05) is 23.7 Å². The highest BCUT2D eigenvalue weighted by atomic mass is 19.1. The summed E-state index contributed by atoms with van der Waals surface area (Å²) < 4.78 is 13.8. The van der Waals surface area contributed by atoms with Crippen molar-refractivity contribution in [3.63, 3.8) is 0 Å². The highest BCUT2D eigenvalue weighted by Crippen LogP contribution is 2.33. The van der Waals surface area contributed by atoms with E-state index in [0.29, 0.717) is 23.7 Å². The van der Waals surface area contributed by atoms with Crippen LogP contribution in [0.15, 0.2) is 23.4 Å². The molecule has 104 valence electrons. The van der Waals surface area contributed by atoms with Crippen LogP contribution in [0.4, 0.5) is 4.39 Å². The number of hydrogen-bond donors (Lipinski definition) is 3. The monoisotopic (exact) mass is 265 g/mol. The van der Waals surface area contributed by atoms with E-state index in [1.54, 1.807) is 12.1 Å². The fourth-order valence-electron chi connectivity index (χ4n) is 2.13. The third kappa shape index (κ3) is 3.92. The summed E-state index contributed by atoms with van der Waals surface area (Å²) >= 11 is 0. The molecular weight excluding hydrogens is 245 g/mol. The summed E-state index contributed by atoms with van der Waals surface area (Å²) in [7, 11) is 0. The molecule has 0 amide bonds. The highest BCUT2D eigenvalue weighted by molar-refractivity contribution is 5.97. The van der Waals surface area contributed by atoms with Crippen molar-refractivity contribution in [1.82, 2.24) is 5.32 Å². The van der Waals surface area contributed by atoms with E-state index in [2.05, 4.69) is 17.4 Å². The second-order valence-electron chi connectivity index (χ2n) is 5.25. The van der Waals surface area contributed by atoms with Gasteiger partial charge in [0.15, 0.2) is 5.84 Å². The molecule has 0 bridgehead atoms. The van der Waals surface area contributed by atoms with Crippen molar-refractivity contribution < 1.29 is 9.60 Å². The molecule has 1 saturated carbocycles. The first-order valence-electron chi connectivity index (χ1n) is 6.60. The lowest BCUT2D eigenvalue weighted by molar-refractivity contribution is 0.318. The number of amidine groups is 1. The number of rotatable bonds is 6. The number of nitrogens with two attached hydrogens (primary N) is 1. The molecule has 4 nitrogen and oxygen atoms in total. The Balaban J connectivity index is 1.92. The summed E-state index contributed by atoms with van der Waals surface area (Å²) in [5, 5.41) is 14.7. The Bertz CT molecular complexity index is 472. The smallest absolute Gasteiger partial charge is 0.170 e. The normalized spacial score (nSPS) is 17.5. The summed E-state index contributed by atoms with van der Waals surface area (Å²) in [6, 6.07) is 5.01. The standard InChI is InChI=1S/C14H20FN3O/c1-9(6-10-2-3-10)17-8-12-5-4-11(7-13(12)15)14(16)18-19/h4-5,7,9-10,17,19H,2-3,6,8H2,1H3,(H2,16,18). The van der Waals surface area contributed by atoms with Gasteiger partial charge in [-0.25, -0.2) is 4.39 Å². The molecule has 0 aliphatic heterocycles. The lowest BCUT2D eigenvalue weighted by atomic mass is 10.1.